The van der Waals surface area contributed by atoms with E-state index < -0.39 is 0 Å². The van der Waals surface area contributed by atoms with E-state index >= 15 is 0 Å². The van der Waals surface area contributed by atoms with Gasteiger partial charge in [-0.15, -0.1) is 11.3 Å². The number of hydrogen-bond donors (Lipinski definition) is 1. The number of nitrogens with zero attached hydrogens (tertiary/aromatic N) is 3. The lowest BCUT2D eigenvalue weighted by Gasteiger charge is -2.19. The van der Waals surface area contributed by atoms with Crippen molar-refractivity contribution in [3.63, 3.8) is 0 Å². The lowest BCUT2D eigenvalue weighted by Crippen LogP contribution is -2.22. The molecule has 5 heteroatoms. The van der Waals surface area contributed by atoms with Gasteiger partial charge in [-0.05, 0) is 31.2 Å². The van der Waals surface area contributed by atoms with Gasteiger partial charge in [0.1, 0.15) is 17.0 Å². The van der Waals surface area contributed by atoms with Gasteiger partial charge in [0.2, 0.25) is 0 Å². The van der Waals surface area contributed by atoms with Crippen molar-refractivity contribution >= 4 is 27.4 Å². The fourth-order valence-corrected chi connectivity index (χ4v) is 3.84. The van der Waals surface area contributed by atoms with Crippen LogP contribution in [0.25, 0.3) is 10.2 Å². The number of fused-ring (bicyclic) bond motifs is 3. The first-order valence-corrected chi connectivity index (χ1v) is 7.20. The number of aliphatic hydroxyl groups excluding tert-OH is 1. The first kappa shape index (κ1) is 11.9. The molecule has 0 fully saturated rings. The molecule has 0 radical (unpaired) electrons. The van der Waals surface area contributed by atoms with Gasteiger partial charge in [0.15, 0.2) is 0 Å². The average Bonchev–Trinajstić information content (AvgIpc) is 2.77. The van der Waals surface area contributed by atoms with Crippen LogP contribution in [0.1, 0.15) is 23.3 Å². The Morgan fingerprint density at radius 1 is 1.33 bits per heavy atom. The molecule has 2 aromatic rings. The summed E-state index contributed by atoms with van der Waals surface area (Å²) in [5.41, 5.74) is 1.45. The van der Waals surface area contributed by atoms with Crippen LogP contribution in [0.3, 0.4) is 0 Å². The normalized spacial score (nSPS) is 14.8. The van der Waals surface area contributed by atoms with Crippen LogP contribution in [0.4, 0.5) is 5.82 Å². The third kappa shape index (κ3) is 1.87. The number of likely N-dealkylation sites (N-methyl/N-ethyl adjacent to an activating group) is 1. The van der Waals surface area contributed by atoms with E-state index in [0.717, 1.165) is 17.1 Å². The van der Waals surface area contributed by atoms with Crippen molar-refractivity contribution in [2.75, 3.05) is 25.1 Å². The molecule has 2 aromatic heterocycles. The van der Waals surface area contributed by atoms with Crippen molar-refractivity contribution in [2.24, 2.45) is 0 Å². The summed E-state index contributed by atoms with van der Waals surface area (Å²) in [5, 5.41) is 10.3. The molecule has 3 rings (SSSR count). The van der Waals surface area contributed by atoms with Crippen molar-refractivity contribution in [2.45, 2.75) is 25.7 Å². The first-order valence-electron chi connectivity index (χ1n) is 6.38. The fraction of sp³-hybridized carbons (Fsp3) is 0.538. The number of hydrogen-bond acceptors (Lipinski definition) is 5. The molecule has 0 aromatic carbocycles. The van der Waals surface area contributed by atoms with Crippen molar-refractivity contribution in [3.05, 3.63) is 16.8 Å². The maximum atomic E-state index is 9.08. The van der Waals surface area contributed by atoms with Crippen molar-refractivity contribution in [1.82, 2.24) is 9.97 Å². The molecule has 0 bridgehead atoms. The van der Waals surface area contributed by atoms with Crippen LogP contribution in [-0.2, 0) is 12.8 Å². The van der Waals surface area contributed by atoms with E-state index in [9.17, 15) is 0 Å². The van der Waals surface area contributed by atoms with E-state index in [2.05, 4.69) is 9.97 Å². The highest BCUT2D eigenvalue weighted by atomic mass is 32.1. The second-order valence-corrected chi connectivity index (χ2v) is 5.82. The SMILES string of the molecule is CN(CCO)c1ncnc2sc3c(c12)CCCC3. The van der Waals surface area contributed by atoms with E-state index in [4.69, 9.17) is 5.11 Å². The Bertz CT molecular complexity index is 567. The average molecular weight is 263 g/mol. The smallest absolute Gasteiger partial charge is 0.140 e. The molecule has 0 amide bonds. The summed E-state index contributed by atoms with van der Waals surface area (Å²) in [6, 6.07) is 0. The highest BCUT2D eigenvalue weighted by molar-refractivity contribution is 7.19. The van der Waals surface area contributed by atoms with E-state index in [1.54, 1.807) is 6.33 Å². The number of aliphatic hydroxyl groups is 1. The Hall–Kier alpha value is -1.20. The van der Waals surface area contributed by atoms with Gasteiger partial charge in [0, 0.05) is 18.5 Å². The number of aryl methyl sites for hydroxylation is 2. The lowest BCUT2D eigenvalue weighted by atomic mass is 9.97. The minimum atomic E-state index is 0.147. The van der Waals surface area contributed by atoms with Gasteiger partial charge in [0.25, 0.3) is 0 Å². The molecule has 0 unspecified atom stereocenters. The van der Waals surface area contributed by atoms with Gasteiger partial charge in [-0.3, -0.25) is 0 Å². The summed E-state index contributed by atoms with van der Waals surface area (Å²) in [7, 11) is 1.98. The molecular formula is C13H17N3OS. The summed E-state index contributed by atoms with van der Waals surface area (Å²) in [6.07, 6.45) is 6.50. The minimum Gasteiger partial charge on any atom is -0.395 e. The van der Waals surface area contributed by atoms with Gasteiger partial charge in [-0.1, -0.05) is 0 Å². The number of aromatic nitrogens is 2. The molecule has 1 aliphatic carbocycles. The molecule has 18 heavy (non-hydrogen) atoms. The molecule has 0 atom stereocenters. The van der Waals surface area contributed by atoms with Crippen LogP contribution < -0.4 is 4.90 Å². The number of rotatable bonds is 3. The van der Waals surface area contributed by atoms with E-state index in [0.29, 0.717) is 6.54 Å². The van der Waals surface area contributed by atoms with Crippen LogP contribution in [0.5, 0.6) is 0 Å². The highest BCUT2D eigenvalue weighted by Crippen LogP contribution is 2.38. The molecule has 0 aliphatic heterocycles. The second-order valence-electron chi connectivity index (χ2n) is 4.73. The van der Waals surface area contributed by atoms with Gasteiger partial charge in [-0.25, -0.2) is 9.97 Å². The van der Waals surface area contributed by atoms with Crippen LogP contribution in [-0.4, -0.2) is 35.3 Å². The van der Waals surface area contributed by atoms with Crippen molar-refractivity contribution in [1.29, 1.82) is 0 Å². The first-order chi connectivity index (χ1) is 8.81. The zero-order valence-corrected chi connectivity index (χ0v) is 11.3. The summed E-state index contributed by atoms with van der Waals surface area (Å²) in [6.45, 7) is 0.755. The molecule has 0 spiro atoms. The van der Waals surface area contributed by atoms with Crippen LogP contribution in [0.2, 0.25) is 0 Å². The topological polar surface area (TPSA) is 49.2 Å². The van der Waals surface area contributed by atoms with Crippen LogP contribution in [0.15, 0.2) is 6.33 Å². The molecule has 1 aliphatic rings. The van der Waals surface area contributed by atoms with Crippen LogP contribution >= 0.6 is 11.3 Å². The zero-order valence-electron chi connectivity index (χ0n) is 10.5. The Kier molecular flexibility index (Phi) is 3.18. The third-order valence-electron chi connectivity index (χ3n) is 3.53. The highest BCUT2D eigenvalue weighted by Gasteiger charge is 2.20. The van der Waals surface area contributed by atoms with Gasteiger partial charge in [0.05, 0.1) is 12.0 Å². The molecular weight excluding hydrogens is 246 g/mol. The summed E-state index contributed by atoms with van der Waals surface area (Å²) in [5.74, 6) is 0.966. The summed E-state index contributed by atoms with van der Waals surface area (Å²) in [4.78, 5) is 13.4. The molecule has 4 nitrogen and oxygen atoms in total. The number of thiophene rings is 1. The Labute approximate surface area is 110 Å². The minimum absolute atomic E-state index is 0.147. The van der Waals surface area contributed by atoms with Crippen LogP contribution in [0, 0.1) is 0 Å². The second kappa shape index (κ2) is 4.82. The Morgan fingerprint density at radius 2 is 2.17 bits per heavy atom. The van der Waals surface area contributed by atoms with Gasteiger partial charge in [-0.2, -0.15) is 0 Å². The molecule has 96 valence electrons. The quantitative estimate of drug-likeness (QED) is 0.920. The van der Waals surface area contributed by atoms with Crippen molar-refractivity contribution < 1.29 is 5.11 Å². The van der Waals surface area contributed by atoms with E-state index in [-0.39, 0.29) is 6.61 Å². The van der Waals surface area contributed by atoms with Crippen molar-refractivity contribution in [3.8, 4) is 0 Å². The summed E-state index contributed by atoms with van der Waals surface area (Å²) < 4.78 is 0. The molecule has 0 saturated carbocycles. The fourth-order valence-electron chi connectivity index (χ4n) is 2.62. The largest absolute Gasteiger partial charge is 0.395 e. The molecule has 0 saturated heterocycles. The summed E-state index contributed by atoms with van der Waals surface area (Å²) >= 11 is 1.81. The van der Waals surface area contributed by atoms with E-state index in [1.807, 2.05) is 23.3 Å². The predicted molar refractivity (Wildman–Crippen MR) is 74.4 cm³/mol. The van der Waals surface area contributed by atoms with Gasteiger partial charge < -0.3 is 10.0 Å². The van der Waals surface area contributed by atoms with E-state index in [1.165, 1.54) is 35.1 Å². The zero-order chi connectivity index (χ0) is 12.5. The standard InChI is InChI=1S/C13H17N3OS/c1-16(6-7-17)12-11-9-4-2-3-5-10(9)18-13(11)15-8-14-12/h8,17H,2-7H2,1H3. The lowest BCUT2D eigenvalue weighted by molar-refractivity contribution is 0.304. The monoisotopic (exact) mass is 263 g/mol. The molecule has 2 heterocycles. The number of anilines is 1. The van der Waals surface area contributed by atoms with Gasteiger partial charge >= 0.3 is 0 Å². The predicted octanol–water partition coefficient (Wildman–Crippen LogP) is 2.00. The molecule has 1 N–H and O–H groups in total. The third-order valence-corrected chi connectivity index (χ3v) is 4.73. The Balaban J connectivity index is 2.16. The Morgan fingerprint density at radius 3 is 3.00 bits per heavy atom. The maximum Gasteiger partial charge on any atom is 0.140 e. The maximum absolute atomic E-state index is 9.08.